The lowest BCUT2D eigenvalue weighted by Gasteiger charge is -2.07. The molecule has 5 nitrogen and oxygen atoms in total. The van der Waals surface area contributed by atoms with Gasteiger partial charge in [0.2, 0.25) is 0 Å². The smallest absolute Gasteiger partial charge is 0.341 e. The second kappa shape index (κ2) is 6.08. The molecule has 3 rings (SSSR count). The molecule has 0 amide bonds. The molecule has 0 aliphatic rings. The normalized spacial score (nSPS) is 10.9. The van der Waals surface area contributed by atoms with E-state index in [-0.39, 0.29) is 5.75 Å². The zero-order valence-electron chi connectivity index (χ0n) is 12.5. The van der Waals surface area contributed by atoms with Gasteiger partial charge in [-0.05, 0) is 35.7 Å². The van der Waals surface area contributed by atoms with Crippen LogP contribution in [0.4, 0.5) is 4.39 Å². The second-order valence-electron chi connectivity index (χ2n) is 5.12. The molecule has 0 aliphatic heterocycles. The molecule has 2 heterocycles. The Morgan fingerprint density at radius 3 is 2.87 bits per heavy atom. The number of carbonyl (C=O) groups is 1. The number of aromatic amines is 1. The Kier molecular flexibility index (Phi) is 3.97. The molecule has 6 heteroatoms. The van der Waals surface area contributed by atoms with Gasteiger partial charge in [0.25, 0.3) is 0 Å². The van der Waals surface area contributed by atoms with Crippen molar-refractivity contribution in [2.45, 2.75) is 13.3 Å². The number of hydrogen-bond acceptors (Lipinski definition) is 3. The van der Waals surface area contributed by atoms with Crippen molar-refractivity contribution in [3.05, 3.63) is 48.0 Å². The number of pyridine rings is 1. The number of nitrogens with one attached hydrogen (secondary N) is 1. The van der Waals surface area contributed by atoms with E-state index in [9.17, 15) is 9.18 Å². The van der Waals surface area contributed by atoms with Gasteiger partial charge in [0.1, 0.15) is 5.65 Å². The summed E-state index contributed by atoms with van der Waals surface area (Å²) in [7, 11) is 0. The highest BCUT2D eigenvalue weighted by atomic mass is 19.1. The molecule has 2 aromatic heterocycles. The van der Waals surface area contributed by atoms with Gasteiger partial charge in [-0.3, -0.25) is 0 Å². The number of fused-ring (bicyclic) bond motifs is 1. The molecule has 0 spiro atoms. The fraction of sp³-hybridized carbons (Fsp3) is 0.176. The molecule has 0 atom stereocenters. The van der Waals surface area contributed by atoms with Crippen LogP contribution in [0.1, 0.15) is 12.5 Å². The molecule has 118 valence electrons. The number of carboxylic acids is 1. The second-order valence-corrected chi connectivity index (χ2v) is 5.12. The van der Waals surface area contributed by atoms with Crippen molar-refractivity contribution in [3.8, 4) is 16.9 Å². The zero-order chi connectivity index (χ0) is 16.4. The topological polar surface area (TPSA) is 75.2 Å². The van der Waals surface area contributed by atoms with Gasteiger partial charge in [-0.1, -0.05) is 13.0 Å². The van der Waals surface area contributed by atoms with Gasteiger partial charge in [0, 0.05) is 23.3 Å². The van der Waals surface area contributed by atoms with Crippen LogP contribution in [0.15, 0.2) is 36.7 Å². The van der Waals surface area contributed by atoms with Crippen molar-refractivity contribution >= 4 is 17.0 Å². The van der Waals surface area contributed by atoms with E-state index in [1.54, 1.807) is 12.3 Å². The molecule has 0 aliphatic carbocycles. The Bertz CT molecular complexity index is 873. The zero-order valence-corrected chi connectivity index (χ0v) is 12.5. The molecular formula is C17H15FN2O3. The van der Waals surface area contributed by atoms with Crippen LogP contribution >= 0.6 is 0 Å². The first-order valence-corrected chi connectivity index (χ1v) is 7.19. The van der Waals surface area contributed by atoms with E-state index in [0.717, 1.165) is 28.6 Å². The monoisotopic (exact) mass is 314 g/mol. The van der Waals surface area contributed by atoms with Crippen molar-refractivity contribution in [2.75, 3.05) is 6.61 Å². The Morgan fingerprint density at radius 1 is 1.35 bits per heavy atom. The third kappa shape index (κ3) is 3.01. The highest BCUT2D eigenvalue weighted by Gasteiger charge is 2.10. The van der Waals surface area contributed by atoms with Crippen molar-refractivity contribution < 1.29 is 19.0 Å². The molecule has 2 N–H and O–H groups in total. The first kappa shape index (κ1) is 15.0. The van der Waals surface area contributed by atoms with Gasteiger partial charge >= 0.3 is 5.97 Å². The highest BCUT2D eigenvalue weighted by Crippen LogP contribution is 2.28. The van der Waals surface area contributed by atoms with Crippen molar-refractivity contribution in [1.29, 1.82) is 0 Å². The van der Waals surface area contributed by atoms with E-state index in [0.29, 0.717) is 5.56 Å². The number of aliphatic carboxylic acids is 1. The van der Waals surface area contributed by atoms with Crippen LogP contribution in [0.25, 0.3) is 22.2 Å². The minimum absolute atomic E-state index is 0.0823. The summed E-state index contributed by atoms with van der Waals surface area (Å²) in [5.41, 5.74) is 3.39. The molecule has 0 saturated heterocycles. The fourth-order valence-corrected chi connectivity index (χ4v) is 2.45. The Balaban J connectivity index is 1.95. The molecule has 3 aromatic rings. The van der Waals surface area contributed by atoms with Crippen LogP contribution < -0.4 is 4.74 Å². The molecule has 23 heavy (non-hydrogen) atoms. The third-order valence-electron chi connectivity index (χ3n) is 3.61. The SMILES string of the molecule is CCc1c[nH]c2ncc(-c3ccc(OCC(=O)O)c(F)c3)cc12. The minimum atomic E-state index is -1.15. The molecule has 0 bridgehead atoms. The van der Waals surface area contributed by atoms with Crippen LogP contribution in [0.3, 0.4) is 0 Å². The predicted molar refractivity (Wildman–Crippen MR) is 84.0 cm³/mol. The van der Waals surface area contributed by atoms with Gasteiger partial charge in [0.05, 0.1) is 0 Å². The van der Waals surface area contributed by atoms with E-state index >= 15 is 0 Å². The summed E-state index contributed by atoms with van der Waals surface area (Å²) in [5, 5.41) is 9.58. The lowest BCUT2D eigenvalue weighted by atomic mass is 10.0. The van der Waals surface area contributed by atoms with Crippen LogP contribution in [-0.2, 0) is 11.2 Å². The van der Waals surface area contributed by atoms with E-state index in [4.69, 9.17) is 9.84 Å². The number of aryl methyl sites for hydroxylation is 1. The molecule has 0 radical (unpaired) electrons. The first-order chi connectivity index (χ1) is 11.1. The number of nitrogens with zero attached hydrogens (tertiary/aromatic N) is 1. The first-order valence-electron chi connectivity index (χ1n) is 7.19. The summed E-state index contributed by atoms with van der Waals surface area (Å²) in [6.45, 7) is 1.48. The number of rotatable bonds is 5. The molecule has 1 aromatic carbocycles. The van der Waals surface area contributed by atoms with Gasteiger partial charge < -0.3 is 14.8 Å². The number of hydrogen-bond donors (Lipinski definition) is 2. The van der Waals surface area contributed by atoms with Crippen molar-refractivity contribution in [3.63, 3.8) is 0 Å². The summed E-state index contributed by atoms with van der Waals surface area (Å²) in [6.07, 6.45) is 4.47. The van der Waals surface area contributed by atoms with Gasteiger partial charge in [-0.2, -0.15) is 0 Å². The van der Waals surface area contributed by atoms with Crippen LogP contribution in [0.2, 0.25) is 0 Å². The lowest BCUT2D eigenvalue weighted by molar-refractivity contribution is -0.139. The number of H-pyrrole nitrogens is 1. The molecule has 0 unspecified atom stereocenters. The average molecular weight is 314 g/mol. The maximum Gasteiger partial charge on any atom is 0.341 e. The Morgan fingerprint density at radius 2 is 2.17 bits per heavy atom. The van der Waals surface area contributed by atoms with Crippen LogP contribution in [-0.4, -0.2) is 27.7 Å². The van der Waals surface area contributed by atoms with Crippen LogP contribution in [0.5, 0.6) is 5.75 Å². The highest BCUT2D eigenvalue weighted by molar-refractivity contribution is 5.84. The number of ether oxygens (including phenoxy) is 1. The van der Waals surface area contributed by atoms with Gasteiger partial charge in [-0.15, -0.1) is 0 Å². The maximum atomic E-state index is 14.0. The van der Waals surface area contributed by atoms with E-state index < -0.39 is 18.4 Å². The van der Waals surface area contributed by atoms with Crippen molar-refractivity contribution in [2.24, 2.45) is 0 Å². The summed E-state index contributed by atoms with van der Waals surface area (Å²) in [4.78, 5) is 17.9. The number of halogens is 1. The summed E-state index contributed by atoms with van der Waals surface area (Å²) in [5.74, 6) is -1.84. The number of aromatic nitrogens is 2. The number of carboxylic acid groups (broad SMARTS) is 1. The Labute approximate surface area is 131 Å². The minimum Gasteiger partial charge on any atom is -0.479 e. The molecule has 0 fully saturated rings. The standard InChI is InChI=1S/C17H15FN2O3/c1-2-10-7-19-17-13(10)5-12(8-20-17)11-3-4-15(14(18)6-11)23-9-16(21)22/h3-8H,2,9H2,1H3,(H,19,20)(H,21,22). The Hall–Kier alpha value is -2.89. The lowest BCUT2D eigenvalue weighted by Crippen LogP contribution is -2.10. The van der Waals surface area contributed by atoms with E-state index in [1.165, 1.54) is 12.1 Å². The average Bonchev–Trinajstić information content (AvgIpc) is 2.95. The maximum absolute atomic E-state index is 14.0. The number of benzene rings is 1. The molecular weight excluding hydrogens is 299 g/mol. The van der Waals surface area contributed by atoms with Gasteiger partial charge in [-0.25, -0.2) is 14.2 Å². The summed E-state index contributed by atoms with van der Waals surface area (Å²) >= 11 is 0. The quantitative estimate of drug-likeness (QED) is 0.757. The van der Waals surface area contributed by atoms with E-state index in [1.807, 2.05) is 12.3 Å². The largest absolute Gasteiger partial charge is 0.479 e. The predicted octanol–water partition coefficient (Wildman–Crippen LogP) is 3.39. The fourth-order valence-electron chi connectivity index (χ4n) is 2.45. The van der Waals surface area contributed by atoms with E-state index in [2.05, 4.69) is 16.9 Å². The molecule has 0 saturated carbocycles. The summed E-state index contributed by atoms with van der Waals surface area (Å²) < 4.78 is 18.9. The summed E-state index contributed by atoms with van der Waals surface area (Å²) in [6, 6.07) is 6.39. The van der Waals surface area contributed by atoms with Gasteiger partial charge in [0.15, 0.2) is 18.2 Å². The third-order valence-corrected chi connectivity index (χ3v) is 3.61. The van der Waals surface area contributed by atoms with Crippen LogP contribution in [0, 0.1) is 5.82 Å². The van der Waals surface area contributed by atoms with Crippen molar-refractivity contribution in [1.82, 2.24) is 9.97 Å².